The van der Waals surface area contributed by atoms with Crippen molar-refractivity contribution in [3.8, 4) is 0 Å². The molecule has 2 amide bonds. The van der Waals surface area contributed by atoms with Crippen molar-refractivity contribution < 1.29 is 9.59 Å². The molecule has 5 nitrogen and oxygen atoms in total. The fraction of sp³-hybridized carbons (Fsp3) is 0.235. The smallest absolute Gasteiger partial charge is 0.251 e. The van der Waals surface area contributed by atoms with Gasteiger partial charge in [0.25, 0.3) is 5.91 Å². The first kappa shape index (κ1) is 14.3. The van der Waals surface area contributed by atoms with E-state index in [0.717, 1.165) is 16.8 Å². The molecule has 1 atom stereocenters. The second-order valence-corrected chi connectivity index (χ2v) is 5.40. The van der Waals surface area contributed by atoms with Crippen LogP contribution in [0.5, 0.6) is 0 Å². The first-order valence-corrected chi connectivity index (χ1v) is 7.27. The number of pyridine rings is 1. The number of hydrogen-bond acceptors (Lipinski definition) is 3. The van der Waals surface area contributed by atoms with Crippen LogP contribution in [0.25, 0.3) is 0 Å². The minimum absolute atomic E-state index is 0.0231. The maximum Gasteiger partial charge on any atom is 0.251 e. The average Bonchev–Trinajstić information content (AvgIpc) is 2.55. The Balaban J connectivity index is 1.74. The predicted octanol–water partition coefficient (Wildman–Crippen LogP) is 2.46. The van der Waals surface area contributed by atoms with Gasteiger partial charge in [0.1, 0.15) is 0 Å². The van der Waals surface area contributed by atoms with Gasteiger partial charge in [-0.05, 0) is 48.7 Å². The van der Waals surface area contributed by atoms with Crippen molar-refractivity contribution in [2.75, 3.05) is 5.32 Å². The Labute approximate surface area is 128 Å². The standard InChI is InChI=1S/C17H17N3O2/c1-11(14-3-2-8-18-10-14)19-17(22)13-4-6-15-12(9-13)5-7-16(21)20-15/h2-4,6,8-11H,5,7H2,1H3,(H,19,22)(H,20,21)/t11-/m0/s1. The van der Waals surface area contributed by atoms with Crippen LogP contribution in [0.2, 0.25) is 0 Å². The molecule has 1 aromatic carbocycles. The zero-order valence-corrected chi connectivity index (χ0v) is 12.3. The van der Waals surface area contributed by atoms with Crippen LogP contribution in [0.15, 0.2) is 42.7 Å². The lowest BCUT2D eigenvalue weighted by molar-refractivity contribution is -0.116. The first-order chi connectivity index (χ1) is 10.6. The summed E-state index contributed by atoms with van der Waals surface area (Å²) in [4.78, 5) is 27.8. The number of nitrogens with one attached hydrogen (secondary N) is 2. The Kier molecular flexibility index (Phi) is 3.87. The van der Waals surface area contributed by atoms with Crippen molar-refractivity contribution in [1.82, 2.24) is 10.3 Å². The molecule has 0 saturated heterocycles. The van der Waals surface area contributed by atoms with E-state index in [9.17, 15) is 9.59 Å². The van der Waals surface area contributed by atoms with E-state index in [1.807, 2.05) is 25.1 Å². The zero-order valence-electron chi connectivity index (χ0n) is 12.3. The third-order valence-corrected chi connectivity index (χ3v) is 3.79. The predicted molar refractivity (Wildman–Crippen MR) is 83.5 cm³/mol. The molecule has 1 aliphatic heterocycles. The number of nitrogens with zero attached hydrogens (tertiary/aromatic N) is 1. The number of aromatic nitrogens is 1. The van der Waals surface area contributed by atoms with Crippen LogP contribution in [-0.2, 0) is 11.2 Å². The van der Waals surface area contributed by atoms with E-state index in [1.165, 1.54) is 0 Å². The van der Waals surface area contributed by atoms with Crippen LogP contribution < -0.4 is 10.6 Å². The summed E-state index contributed by atoms with van der Waals surface area (Å²) >= 11 is 0. The van der Waals surface area contributed by atoms with Gasteiger partial charge in [0.2, 0.25) is 5.91 Å². The zero-order chi connectivity index (χ0) is 15.5. The Morgan fingerprint density at radius 3 is 2.95 bits per heavy atom. The first-order valence-electron chi connectivity index (χ1n) is 7.27. The summed E-state index contributed by atoms with van der Waals surface area (Å²) in [6.07, 6.45) is 4.58. The van der Waals surface area contributed by atoms with Gasteiger partial charge >= 0.3 is 0 Å². The number of aryl methyl sites for hydroxylation is 1. The van der Waals surface area contributed by atoms with E-state index in [2.05, 4.69) is 15.6 Å². The largest absolute Gasteiger partial charge is 0.345 e. The molecule has 0 spiro atoms. The molecule has 112 valence electrons. The van der Waals surface area contributed by atoms with Crippen molar-refractivity contribution in [3.05, 3.63) is 59.4 Å². The highest BCUT2D eigenvalue weighted by Gasteiger charge is 2.17. The van der Waals surface area contributed by atoms with Crippen molar-refractivity contribution in [2.24, 2.45) is 0 Å². The molecule has 0 bridgehead atoms. The summed E-state index contributed by atoms with van der Waals surface area (Å²) in [6.45, 7) is 1.92. The molecule has 2 aromatic rings. The van der Waals surface area contributed by atoms with Gasteiger partial charge in [0.15, 0.2) is 0 Å². The number of anilines is 1. The lowest BCUT2D eigenvalue weighted by atomic mass is 10.00. The van der Waals surface area contributed by atoms with E-state index in [4.69, 9.17) is 0 Å². The monoisotopic (exact) mass is 295 g/mol. The third-order valence-electron chi connectivity index (χ3n) is 3.79. The van der Waals surface area contributed by atoms with Crippen molar-refractivity contribution in [3.63, 3.8) is 0 Å². The molecule has 1 aliphatic rings. The summed E-state index contributed by atoms with van der Waals surface area (Å²) in [7, 11) is 0. The Bertz CT molecular complexity index is 713. The average molecular weight is 295 g/mol. The molecule has 22 heavy (non-hydrogen) atoms. The maximum atomic E-state index is 12.4. The molecule has 0 aliphatic carbocycles. The normalized spacial score (nSPS) is 14.7. The van der Waals surface area contributed by atoms with Gasteiger partial charge in [-0.2, -0.15) is 0 Å². The van der Waals surface area contributed by atoms with E-state index < -0.39 is 0 Å². The summed E-state index contributed by atoms with van der Waals surface area (Å²) in [5.74, 6) is -0.106. The van der Waals surface area contributed by atoms with Crippen molar-refractivity contribution >= 4 is 17.5 Å². The molecular formula is C17H17N3O2. The number of benzene rings is 1. The van der Waals surface area contributed by atoms with Crippen LogP contribution in [-0.4, -0.2) is 16.8 Å². The quantitative estimate of drug-likeness (QED) is 0.913. The molecule has 2 N–H and O–H groups in total. The maximum absolute atomic E-state index is 12.4. The summed E-state index contributed by atoms with van der Waals surface area (Å²) in [5, 5.41) is 5.78. The number of hydrogen-bond donors (Lipinski definition) is 2. The molecule has 0 unspecified atom stereocenters. The topological polar surface area (TPSA) is 71.1 Å². The lowest BCUT2D eigenvalue weighted by Gasteiger charge is -2.18. The van der Waals surface area contributed by atoms with E-state index >= 15 is 0 Å². The fourth-order valence-electron chi connectivity index (χ4n) is 2.52. The second-order valence-electron chi connectivity index (χ2n) is 5.40. The van der Waals surface area contributed by atoms with Crippen LogP contribution >= 0.6 is 0 Å². The van der Waals surface area contributed by atoms with Crippen LogP contribution in [0, 0.1) is 0 Å². The minimum atomic E-state index is -0.129. The van der Waals surface area contributed by atoms with Crippen LogP contribution in [0.3, 0.4) is 0 Å². The molecular weight excluding hydrogens is 278 g/mol. The molecule has 5 heteroatoms. The number of amides is 2. The SMILES string of the molecule is C[C@H](NC(=O)c1ccc2c(c1)CCC(=O)N2)c1cccnc1. The van der Waals surface area contributed by atoms with Gasteiger partial charge in [0, 0.05) is 30.1 Å². The molecule has 3 rings (SSSR count). The number of carbonyl (C=O) groups is 2. The highest BCUT2D eigenvalue weighted by molar-refractivity contribution is 5.98. The van der Waals surface area contributed by atoms with Gasteiger partial charge < -0.3 is 10.6 Å². The van der Waals surface area contributed by atoms with Crippen LogP contribution in [0.4, 0.5) is 5.69 Å². The third kappa shape index (κ3) is 2.98. The molecule has 0 fully saturated rings. The number of fused-ring (bicyclic) bond motifs is 1. The molecule has 0 radical (unpaired) electrons. The molecule has 2 heterocycles. The summed E-state index contributed by atoms with van der Waals surface area (Å²) in [6, 6.07) is 9.03. The molecule has 1 aromatic heterocycles. The van der Waals surface area contributed by atoms with E-state index in [-0.39, 0.29) is 17.9 Å². The summed E-state index contributed by atoms with van der Waals surface area (Å²) < 4.78 is 0. The second kappa shape index (κ2) is 5.97. The highest BCUT2D eigenvalue weighted by atomic mass is 16.2. The van der Waals surface area contributed by atoms with Gasteiger partial charge in [-0.3, -0.25) is 14.6 Å². The Morgan fingerprint density at radius 2 is 2.18 bits per heavy atom. The fourth-order valence-corrected chi connectivity index (χ4v) is 2.52. The van der Waals surface area contributed by atoms with Crippen molar-refractivity contribution in [2.45, 2.75) is 25.8 Å². The van der Waals surface area contributed by atoms with Crippen molar-refractivity contribution in [1.29, 1.82) is 0 Å². The Morgan fingerprint density at radius 1 is 1.32 bits per heavy atom. The van der Waals surface area contributed by atoms with Gasteiger partial charge in [0.05, 0.1) is 6.04 Å². The lowest BCUT2D eigenvalue weighted by Crippen LogP contribution is -2.27. The minimum Gasteiger partial charge on any atom is -0.345 e. The number of rotatable bonds is 3. The summed E-state index contributed by atoms with van der Waals surface area (Å²) in [5.41, 5.74) is 3.36. The van der Waals surface area contributed by atoms with Gasteiger partial charge in [-0.25, -0.2) is 0 Å². The number of carbonyl (C=O) groups excluding carboxylic acids is 2. The highest BCUT2D eigenvalue weighted by Crippen LogP contribution is 2.24. The van der Waals surface area contributed by atoms with E-state index in [1.54, 1.807) is 24.5 Å². The molecule has 0 saturated carbocycles. The van der Waals surface area contributed by atoms with Gasteiger partial charge in [-0.1, -0.05) is 6.07 Å². The van der Waals surface area contributed by atoms with E-state index in [0.29, 0.717) is 18.4 Å². The van der Waals surface area contributed by atoms with Gasteiger partial charge in [-0.15, -0.1) is 0 Å². The van der Waals surface area contributed by atoms with Crippen LogP contribution in [0.1, 0.15) is 40.9 Å². The Hall–Kier alpha value is -2.69.